The molecule has 3 aromatic rings. The van der Waals surface area contributed by atoms with E-state index >= 15 is 0 Å². The molecule has 12 heteroatoms. The average molecular weight is 422 g/mol. The fraction of sp³-hybridized carbons (Fsp3) is 0.529. The van der Waals surface area contributed by atoms with Crippen molar-refractivity contribution in [2.75, 3.05) is 17.7 Å². The van der Waals surface area contributed by atoms with E-state index in [0.29, 0.717) is 28.7 Å². The smallest absolute Gasteiger partial charge is 0.191 e. The van der Waals surface area contributed by atoms with Crippen LogP contribution in [0.2, 0.25) is 0 Å². The predicted octanol–water partition coefficient (Wildman–Crippen LogP) is 0.540. The van der Waals surface area contributed by atoms with Gasteiger partial charge in [0.2, 0.25) is 0 Å². The molecule has 1 saturated heterocycles. The fourth-order valence-corrected chi connectivity index (χ4v) is 3.72. The fourth-order valence-electron chi connectivity index (χ4n) is 3.03. The molecule has 0 aromatic carbocycles. The number of nitrogens with zero attached hydrogens (tertiary/aromatic N) is 5. The third-order valence-corrected chi connectivity index (χ3v) is 5.56. The predicted molar refractivity (Wildman–Crippen MR) is 103 cm³/mol. The Labute approximate surface area is 170 Å². The van der Waals surface area contributed by atoms with Gasteiger partial charge in [0.1, 0.15) is 24.1 Å². The first kappa shape index (κ1) is 20.0. The third kappa shape index (κ3) is 3.94. The maximum Gasteiger partial charge on any atom is 0.191 e. The lowest BCUT2D eigenvalue weighted by molar-refractivity contribution is -0.0575. The van der Waals surface area contributed by atoms with Crippen LogP contribution < -0.4 is 5.32 Å². The van der Waals surface area contributed by atoms with Crippen LogP contribution in [0.15, 0.2) is 28.0 Å². The number of hydrogen-bond donors (Lipinski definition) is 4. The number of fused-ring (bicyclic) bond motifs is 1. The molecule has 4 heterocycles. The molecule has 4 rings (SSSR count). The Bertz CT molecular complexity index is 951. The van der Waals surface area contributed by atoms with Crippen LogP contribution in [0, 0.1) is 0 Å². The van der Waals surface area contributed by atoms with Gasteiger partial charge in [-0.3, -0.25) is 0 Å². The lowest BCUT2D eigenvalue weighted by Crippen LogP contribution is -2.33. The molecule has 0 amide bonds. The van der Waals surface area contributed by atoms with Crippen LogP contribution in [0.1, 0.15) is 25.3 Å². The molecule has 29 heavy (non-hydrogen) atoms. The minimum absolute atomic E-state index is 0.357. The molecule has 0 bridgehead atoms. The number of aromatic nitrogens is 5. The summed E-state index contributed by atoms with van der Waals surface area (Å²) in [7, 11) is 0. The lowest BCUT2D eigenvalue weighted by Gasteiger charge is -2.15. The van der Waals surface area contributed by atoms with Gasteiger partial charge in [0.25, 0.3) is 0 Å². The monoisotopic (exact) mass is 422 g/mol. The number of nitrogens with one attached hydrogen (secondary N) is 1. The summed E-state index contributed by atoms with van der Waals surface area (Å²) >= 11 is 1.49. The summed E-state index contributed by atoms with van der Waals surface area (Å²) in [4.78, 5) is 9.06. The quantitative estimate of drug-likeness (QED) is 0.297. The van der Waals surface area contributed by atoms with Gasteiger partial charge in [-0.05, 0) is 18.6 Å². The Morgan fingerprint density at radius 3 is 2.83 bits per heavy atom. The number of hydrogen-bond acceptors (Lipinski definition) is 11. The summed E-state index contributed by atoms with van der Waals surface area (Å²) in [6.07, 6.45) is -1.92. The Morgan fingerprint density at radius 2 is 2.14 bits per heavy atom. The summed E-state index contributed by atoms with van der Waals surface area (Å²) < 4.78 is 12.2. The Kier molecular flexibility index (Phi) is 5.96. The molecular weight excluding hydrogens is 400 g/mol. The van der Waals surface area contributed by atoms with E-state index in [1.807, 2.05) is 6.07 Å². The molecule has 4 atom stereocenters. The normalized spacial score (nSPS) is 24.4. The van der Waals surface area contributed by atoms with Gasteiger partial charge in [0.05, 0.1) is 19.4 Å². The van der Waals surface area contributed by atoms with E-state index in [1.165, 1.54) is 16.4 Å². The summed E-state index contributed by atoms with van der Waals surface area (Å²) in [6.45, 7) is 2.04. The molecular formula is C17H22N6O5S. The zero-order valence-electron chi connectivity index (χ0n) is 15.7. The van der Waals surface area contributed by atoms with Gasteiger partial charge in [0, 0.05) is 5.75 Å². The van der Waals surface area contributed by atoms with Crippen LogP contribution in [0.5, 0.6) is 0 Å². The highest BCUT2D eigenvalue weighted by atomic mass is 32.2. The maximum absolute atomic E-state index is 10.3. The van der Waals surface area contributed by atoms with Crippen molar-refractivity contribution in [1.29, 1.82) is 0 Å². The Hall–Kier alpha value is -2.25. The Balaban J connectivity index is 1.70. The molecule has 4 N–H and O–H groups in total. The number of aliphatic hydroxyl groups excluding tert-OH is 3. The van der Waals surface area contributed by atoms with E-state index in [2.05, 4.69) is 32.5 Å². The van der Waals surface area contributed by atoms with E-state index in [-0.39, 0.29) is 0 Å². The van der Waals surface area contributed by atoms with Gasteiger partial charge >= 0.3 is 0 Å². The van der Waals surface area contributed by atoms with Crippen molar-refractivity contribution in [2.45, 2.75) is 49.6 Å². The number of rotatable bonds is 8. The first-order valence-corrected chi connectivity index (χ1v) is 10.2. The van der Waals surface area contributed by atoms with Crippen molar-refractivity contribution in [3.8, 4) is 0 Å². The highest BCUT2D eigenvalue weighted by Gasteiger charge is 2.44. The summed E-state index contributed by atoms with van der Waals surface area (Å²) in [6, 6.07) is 3.64. The van der Waals surface area contributed by atoms with Crippen molar-refractivity contribution < 1.29 is 24.5 Å². The number of aliphatic hydroxyl groups is 3. The van der Waals surface area contributed by atoms with Crippen LogP contribution in [0.4, 0.5) is 5.82 Å². The highest BCUT2D eigenvalue weighted by molar-refractivity contribution is 7.99. The number of ether oxygens (including phenoxy) is 1. The van der Waals surface area contributed by atoms with Gasteiger partial charge in [-0.2, -0.15) is 4.68 Å². The van der Waals surface area contributed by atoms with Gasteiger partial charge < -0.3 is 29.8 Å². The molecule has 1 fully saturated rings. The lowest BCUT2D eigenvalue weighted by atomic mass is 10.1. The minimum Gasteiger partial charge on any atom is -0.467 e. The summed E-state index contributed by atoms with van der Waals surface area (Å²) in [5.74, 6) is 2.04. The second kappa shape index (κ2) is 8.63. The topological polar surface area (TPSA) is 152 Å². The standard InChI is InChI=1S/C17H22N6O5S/c1-2-6-29-17-19-14(18-7-9-4-3-5-27-9)11-15(20-17)23(22-21-11)16-13(26)12(25)10(8-24)28-16/h3-5,10,12-13,16,24-26H,2,6-8H2,1H3,(H,18,19,20)/t10-,12-,13-,16-/m1/s1. The van der Waals surface area contributed by atoms with Gasteiger partial charge in [-0.15, -0.1) is 5.10 Å². The average Bonchev–Trinajstić information content (AvgIpc) is 3.45. The molecule has 1 aliphatic rings. The summed E-state index contributed by atoms with van der Waals surface area (Å²) in [5.41, 5.74) is 0.755. The van der Waals surface area contributed by atoms with Crippen molar-refractivity contribution in [3.63, 3.8) is 0 Å². The Morgan fingerprint density at radius 1 is 1.28 bits per heavy atom. The third-order valence-electron chi connectivity index (χ3n) is 4.51. The van der Waals surface area contributed by atoms with Gasteiger partial charge in [-0.1, -0.05) is 23.9 Å². The largest absolute Gasteiger partial charge is 0.467 e. The molecule has 1 aliphatic heterocycles. The molecule has 0 radical (unpaired) electrons. The van der Waals surface area contributed by atoms with Crippen molar-refractivity contribution in [1.82, 2.24) is 25.0 Å². The SMILES string of the molecule is CCCSc1nc(NCc2ccco2)c2nnn([C@@H]3O[C@H](CO)[C@@H](O)[C@H]3O)c2n1. The molecule has 11 nitrogen and oxygen atoms in total. The second-order valence-corrected chi connectivity index (χ2v) is 7.63. The first-order chi connectivity index (χ1) is 14.1. The van der Waals surface area contributed by atoms with Gasteiger partial charge in [0.15, 0.2) is 28.4 Å². The van der Waals surface area contributed by atoms with Crippen molar-refractivity contribution >= 4 is 28.7 Å². The zero-order valence-corrected chi connectivity index (χ0v) is 16.5. The van der Waals surface area contributed by atoms with E-state index in [0.717, 1.165) is 17.9 Å². The minimum atomic E-state index is -1.28. The van der Waals surface area contributed by atoms with Crippen LogP contribution in [0.25, 0.3) is 11.2 Å². The molecule has 156 valence electrons. The van der Waals surface area contributed by atoms with Crippen LogP contribution in [0.3, 0.4) is 0 Å². The van der Waals surface area contributed by atoms with E-state index in [1.54, 1.807) is 12.3 Å². The number of anilines is 1. The van der Waals surface area contributed by atoms with Crippen LogP contribution in [-0.4, -0.2) is 71.0 Å². The molecule has 0 spiro atoms. The maximum atomic E-state index is 10.3. The zero-order chi connectivity index (χ0) is 20.4. The molecule has 0 saturated carbocycles. The van der Waals surface area contributed by atoms with Crippen LogP contribution >= 0.6 is 11.8 Å². The highest BCUT2D eigenvalue weighted by Crippen LogP contribution is 2.32. The van der Waals surface area contributed by atoms with E-state index < -0.39 is 31.1 Å². The first-order valence-electron chi connectivity index (χ1n) is 9.26. The summed E-state index contributed by atoms with van der Waals surface area (Å²) in [5, 5.41) is 41.7. The molecule has 3 aromatic heterocycles. The van der Waals surface area contributed by atoms with Crippen molar-refractivity contribution in [2.24, 2.45) is 0 Å². The number of thioether (sulfide) groups is 1. The van der Waals surface area contributed by atoms with Gasteiger partial charge in [-0.25, -0.2) is 9.97 Å². The molecule has 0 unspecified atom stereocenters. The molecule has 0 aliphatic carbocycles. The van der Waals surface area contributed by atoms with Crippen LogP contribution in [-0.2, 0) is 11.3 Å². The van der Waals surface area contributed by atoms with E-state index in [4.69, 9.17) is 9.15 Å². The van der Waals surface area contributed by atoms with Crippen molar-refractivity contribution in [3.05, 3.63) is 24.2 Å². The van der Waals surface area contributed by atoms with E-state index in [9.17, 15) is 15.3 Å². The number of furan rings is 1. The second-order valence-electron chi connectivity index (χ2n) is 6.57.